The summed E-state index contributed by atoms with van der Waals surface area (Å²) in [6, 6.07) is 1.52. The second kappa shape index (κ2) is 7.71. The molecule has 0 aromatic carbocycles. The van der Waals surface area contributed by atoms with E-state index in [1.54, 1.807) is 13.1 Å². The van der Waals surface area contributed by atoms with Crippen molar-refractivity contribution in [2.45, 2.75) is 77.9 Å². The summed E-state index contributed by atoms with van der Waals surface area (Å²) in [7, 11) is 0. The fourth-order valence-corrected chi connectivity index (χ4v) is 7.83. The zero-order valence-corrected chi connectivity index (χ0v) is 19.6. The highest BCUT2D eigenvalue weighted by molar-refractivity contribution is 5.73. The van der Waals surface area contributed by atoms with Crippen molar-refractivity contribution in [3.63, 3.8) is 0 Å². The Morgan fingerprint density at radius 2 is 1.82 bits per heavy atom. The molecule has 6 atom stereocenters. The Morgan fingerprint density at radius 1 is 1.06 bits per heavy atom. The van der Waals surface area contributed by atoms with E-state index < -0.39 is 11.7 Å². The first-order chi connectivity index (χ1) is 15.5. The van der Waals surface area contributed by atoms with Gasteiger partial charge in [0.15, 0.2) is 0 Å². The van der Waals surface area contributed by atoms with E-state index in [9.17, 15) is 18.0 Å². The van der Waals surface area contributed by atoms with E-state index in [1.807, 2.05) is 0 Å². The van der Waals surface area contributed by atoms with Crippen molar-refractivity contribution >= 4 is 11.5 Å². The van der Waals surface area contributed by atoms with Crippen LogP contribution in [0.3, 0.4) is 0 Å². The normalized spacial score (nSPS) is 37.9. The summed E-state index contributed by atoms with van der Waals surface area (Å²) in [5.41, 5.74) is 2.57. The number of halogens is 3. The lowest BCUT2D eigenvalue weighted by atomic mass is 9.47. The molecule has 1 heterocycles. The molecule has 2 saturated carbocycles. The summed E-state index contributed by atoms with van der Waals surface area (Å²) in [6.07, 6.45) is 9.87. The van der Waals surface area contributed by atoms with E-state index in [2.05, 4.69) is 36.3 Å². The maximum atomic E-state index is 13.3. The number of nitrogens with zero attached hydrogens (tertiary/aromatic N) is 1. The quantitative estimate of drug-likeness (QED) is 0.510. The third-order valence-electron chi connectivity index (χ3n) is 9.47. The van der Waals surface area contributed by atoms with Crippen LogP contribution in [0.15, 0.2) is 36.2 Å². The van der Waals surface area contributed by atoms with Crippen LogP contribution in [-0.4, -0.2) is 16.9 Å². The van der Waals surface area contributed by atoms with Crippen LogP contribution in [0.1, 0.15) is 76.8 Å². The largest absolute Gasteiger partial charge is 0.417 e. The van der Waals surface area contributed by atoms with E-state index in [4.69, 9.17) is 0 Å². The average molecular weight is 459 g/mol. The van der Waals surface area contributed by atoms with Gasteiger partial charge in [-0.3, -0.25) is 9.78 Å². The van der Waals surface area contributed by atoms with Crippen molar-refractivity contribution in [1.29, 1.82) is 0 Å². The molecule has 4 aliphatic rings. The number of aromatic nitrogens is 1. The molecule has 1 amide bonds. The third-order valence-corrected chi connectivity index (χ3v) is 9.47. The molecule has 4 aliphatic carbocycles. The van der Waals surface area contributed by atoms with Crippen LogP contribution in [0.25, 0.3) is 5.57 Å². The Balaban J connectivity index is 1.41. The number of allylic oxidation sites excluding steroid dienone is 3. The maximum absolute atomic E-state index is 13.3. The maximum Gasteiger partial charge on any atom is 0.417 e. The molecule has 0 saturated heterocycles. The monoisotopic (exact) mass is 458 g/mol. The van der Waals surface area contributed by atoms with Gasteiger partial charge in [0.05, 0.1) is 5.56 Å². The minimum atomic E-state index is -4.38. The number of fused-ring (bicyclic) bond motifs is 5. The van der Waals surface area contributed by atoms with Crippen LogP contribution < -0.4 is 5.32 Å². The molecule has 0 spiro atoms. The molecule has 178 valence electrons. The minimum absolute atomic E-state index is 0.0416. The summed E-state index contributed by atoms with van der Waals surface area (Å²) >= 11 is 0. The molecule has 0 aliphatic heterocycles. The Morgan fingerprint density at radius 3 is 2.55 bits per heavy atom. The molecule has 0 radical (unpaired) electrons. The van der Waals surface area contributed by atoms with Gasteiger partial charge in [-0.1, -0.05) is 31.6 Å². The van der Waals surface area contributed by atoms with Crippen LogP contribution in [-0.2, 0) is 11.0 Å². The van der Waals surface area contributed by atoms with Crippen molar-refractivity contribution in [2.75, 3.05) is 0 Å². The van der Waals surface area contributed by atoms with Crippen molar-refractivity contribution in [2.24, 2.45) is 28.6 Å². The van der Waals surface area contributed by atoms with E-state index in [-0.39, 0.29) is 22.8 Å². The highest BCUT2D eigenvalue weighted by Crippen LogP contribution is 2.66. The molecular formula is C27H33F3N2O. The molecule has 0 unspecified atom stereocenters. The third kappa shape index (κ3) is 3.64. The molecule has 5 rings (SSSR count). The standard InChI is InChI=1S/C27H33F3N2O/c1-16(33)32-20-8-10-25(2)18(13-20)4-5-21-23-7-6-22(26(23,3)11-9-24(21)25)17-12-19(15-31-14-17)27(28,29)30/h4,6,12,14-15,20-21,23-24H,5,7-11,13H2,1-3H3,(H,32,33)/t20-,21+,23+,24+,25+,26-/m1/s1. The van der Waals surface area contributed by atoms with Crippen LogP contribution in [0, 0.1) is 28.6 Å². The van der Waals surface area contributed by atoms with E-state index in [1.165, 1.54) is 11.6 Å². The summed E-state index contributed by atoms with van der Waals surface area (Å²) in [6.45, 7) is 6.27. The number of amides is 1. The second-order valence-electron chi connectivity index (χ2n) is 11.2. The lowest BCUT2D eigenvalue weighted by Gasteiger charge is -2.58. The first-order valence-electron chi connectivity index (χ1n) is 12.2. The smallest absolute Gasteiger partial charge is 0.353 e. The van der Waals surface area contributed by atoms with Gasteiger partial charge in [-0.25, -0.2) is 0 Å². The zero-order chi connectivity index (χ0) is 23.6. The van der Waals surface area contributed by atoms with Gasteiger partial charge < -0.3 is 5.32 Å². The SMILES string of the molecule is CC(=O)N[C@@H]1CC[C@@]2(C)C(=CC[C@@H]3[C@@H]2CC[C@]2(C)C(c4cncc(C(F)(F)F)c4)=CC[C@@H]32)C1. The number of carbonyl (C=O) groups is 1. The summed E-state index contributed by atoms with van der Waals surface area (Å²) in [5, 5.41) is 3.11. The second-order valence-corrected chi connectivity index (χ2v) is 11.2. The molecule has 33 heavy (non-hydrogen) atoms. The fourth-order valence-electron chi connectivity index (χ4n) is 7.83. The number of alkyl halides is 3. The van der Waals surface area contributed by atoms with Crippen molar-refractivity contribution in [3.05, 3.63) is 47.3 Å². The van der Waals surface area contributed by atoms with Crippen LogP contribution in [0.5, 0.6) is 0 Å². The number of pyridine rings is 1. The number of hydrogen-bond donors (Lipinski definition) is 1. The summed E-state index contributed by atoms with van der Waals surface area (Å²) < 4.78 is 39.9. The molecule has 1 aromatic rings. The van der Waals surface area contributed by atoms with Gasteiger partial charge in [0.2, 0.25) is 5.91 Å². The molecule has 1 N–H and O–H groups in total. The van der Waals surface area contributed by atoms with E-state index >= 15 is 0 Å². The lowest BCUT2D eigenvalue weighted by Crippen LogP contribution is -2.51. The summed E-state index contributed by atoms with van der Waals surface area (Å²) in [5.74, 6) is 1.63. The predicted octanol–water partition coefficient (Wildman–Crippen LogP) is 6.56. The zero-order valence-electron chi connectivity index (χ0n) is 19.6. The Kier molecular flexibility index (Phi) is 5.30. The van der Waals surface area contributed by atoms with Crippen LogP contribution in [0.2, 0.25) is 0 Å². The molecule has 6 heteroatoms. The Hall–Kier alpha value is -2.11. The van der Waals surface area contributed by atoms with Gasteiger partial charge in [-0.15, -0.1) is 0 Å². The Labute approximate surface area is 193 Å². The van der Waals surface area contributed by atoms with E-state index in [0.29, 0.717) is 23.3 Å². The van der Waals surface area contributed by atoms with Gasteiger partial charge in [-0.2, -0.15) is 13.2 Å². The molecule has 2 fully saturated rings. The summed E-state index contributed by atoms with van der Waals surface area (Å²) in [4.78, 5) is 15.5. The van der Waals surface area contributed by atoms with Crippen LogP contribution in [0.4, 0.5) is 13.2 Å². The van der Waals surface area contributed by atoms with Crippen molar-refractivity contribution < 1.29 is 18.0 Å². The first-order valence-corrected chi connectivity index (χ1v) is 12.2. The van der Waals surface area contributed by atoms with Crippen LogP contribution >= 0.6 is 0 Å². The van der Waals surface area contributed by atoms with Gasteiger partial charge in [-0.05, 0) is 90.7 Å². The predicted molar refractivity (Wildman–Crippen MR) is 122 cm³/mol. The molecular weight excluding hydrogens is 425 g/mol. The van der Waals surface area contributed by atoms with Crippen molar-refractivity contribution in [3.8, 4) is 0 Å². The first kappa shape index (κ1) is 22.7. The Bertz CT molecular complexity index is 1030. The average Bonchev–Trinajstić information content (AvgIpc) is 3.10. The van der Waals surface area contributed by atoms with E-state index in [0.717, 1.165) is 56.7 Å². The highest BCUT2D eigenvalue weighted by Gasteiger charge is 2.57. The molecule has 1 aromatic heterocycles. The van der Waals surface area contributed by atoms with Crippen molar-refractivity contribution in [1.82, 2.24) is 10.3 Å². The highest BCUT2D eigenvalue weighted by atomic mass is 19.4. The minimum Gasteiger partial charge on any atom is -0.353 e. The topological polar surface area (TPSA) is 42.0 Å². The number of carbonyl (C=O) groups excluding carboxylic acids is 1. The van der Waals surface area contributed by atoms with Gasteiger partial charge in [0, 0.05) is 25.4 Å². The fraction of sp³-hybridized carbons (Fsp3) is 0.630. The number of nitrogens with one attached hydrogen (secondary N) is 1. The van der Waals surface area contributed by atoms with Gasteiger partial charge >= 0.3 is 6.18 Å². The van der Waals surface area contributed by atoms with Gasteiger partial charge in [0.1, 0.15) is 0 Å². The molecule has 3 nitrogen and oxygen atoms in total. The number of rotatable bonds is 2. The van der Waals surface area contributed by atoms with Gasteiger partial charge in [0.25, 0.3) is 0 Å². The molecule has 0 bridgehead atoms. The lowest BCUT2D eigenvalue weighted by molar-refractivity contribution is -0.137. The number of hydrogen-bond acceptors (Lipinski definition) is 2.